The van der Waals surface area contributed by atoms with Gasteiger partial charge in [-0.15, -0.1) is 0 Å². The molecule has 1 N–H and O–H groups in total. The summed E-state index contributed by atoms with van der Waals surface area (Å²) < 4.78 is 42.1. The largest absolute Gasteiger partial charge is 0.460 e. The molecular weight excluding hydrogens is 548 g/mol. The fourth-order valence-corrected chi connectivity index (χ4v) is 6.40. The number of fused-ring (bicyclic) bond motifs is 1. The lowest BCUT2D eigenvalue weighted by atomic mass is 9.80. The molecule has 206 valence electrons. The molecule has 39 heavy (non-hydrogen) atoms. The maximum Gasteiger partial charge on any atom is 0.336 e. The summed E-state index contributed by atoms with van der Waals surface area (Å²) in [6.45, 7) is 2.75. The number of benzene rings is 2. The Hall–Kier alpha value is -3.67. The van der Waals surface area contributed by atoms with Gasteiger partial charge in [-0.25, -0.2) is 22.3 Å². The van der Waals surface area contributed by atoms with Gasteiger partial charge in [0.1, 0.15) is 18.1 Å². The molecule has 2 heterocycles. The van der Waals surface area contributed by atoms with Crippen LogP contribution < -0.4 is 5.32 Å². The molecule has 0 spiro atoms. The third kappa shape index (κ3) is 5.42. The molecule has 1 atom stereocenters. The molecule has 12 heteroatoms. The van der Waals surface area contributed by atoms with E-state index in [0.717, 1.165) is 0 Å². The molecule has 0 fully saturated rings. The molecule has 0 radical (unpaired) electrons. The van der Waals surface area contributed by atoms with Gasteiger partial charge in [-0.2, -0.15) is 0 Å². The lowest BCUT2D eigenvalue weighted by Gasteiger charge is -2.31. The minimum absolute atomic E-state index is 0.00452. The van der Waals surface area contributed by atoms with Crippen molar-refractivity contribution in [1.29, 1.82) is 0 Å². The van der Waals surface area contributed by atoms with Crippen molar-refractivity contribution < 1.29 is 37.0 Å². The molecule has 0 aromatic heterocycles. The number of carbonyl (C=O) groups excluding carboxylic acids is 3. The Morgan fingerprint density at radius 1 is 0.923 bits per heavy atom. The number of nitrogens with one attached hydrogen (secondary N) is 1. The van der Waals surface area contributed by atoms with Crippen LogP contribution in [0.2, 0.25) is 5.02 Å². The third-order valence-electron chi connectivity index (χ3n) is 6.38. The second kappa shape index (κ2) is 11.6. The Kier molecular flexibility index (Phi) is 8.43. The van der Waals surface area contributed by atoms with E-state index >= 15 is 0 Å². The number of allylic oxidation sites excluding steroid dienone is 2. The van der Waals surface area contributed by atoms with Crippen LogP contribution in [0.15, 0.2) is 76.0 Å². The molecule has 1 unspecified atom stereocenters. The van der Waals surface area contributed by atoms with E-state index in [4.69, 9.17) is 25.8 Å². The number of nitrogens with zero attached hydrogens (tertiary/aromatic N) is 1. The van der Waals surface area contributed by atoms with Gasteiger partial charge in [0.25, 0.3) is 15.9 Å². The van der Waals surface area contributed by atoms with Crippen molar-refractivity contribution in [3.8, 4) is 0 Å². The van der Waals surface area contributed by atoms with E-state index in [-0.39, 0.29) is 41.4 Å². The van der Waals surface area contributed by atoms with Crippen molar-refractivity contribution in [1.82, 2.24) is 9.62 Å². The first-order valence-corrected chi connectivity index (χ1v) is 13.8. The number of carbonyl (C=O) groups is 3. The molecule has 2 aromatic carbocycles. The predicted octanol–water partition coefficient (Wildman–Crippen LogP) is 3.15. The molecule has 0 aliphatic carbocycles. The number of hydrogen-bond acceptors (Lipinski definition) is 9. The summed E-state index contributed by atoms with van der Waals surface area (Å²) in [4.78, 5) is 39.2. The van der Waals surface area contributed by atoms with E-state index in [9.17, 15) is 22.8 Å². The van der Waals surface area contributed by atoms with Gasteiger partial charge in [-0.1, -0.05) is 41.9 Å². The summed E-state index contributed by atoms with van der Waals surface area (Å²) in [7, 11) is -2.58. The fraction of sp³-hybridized carbons (Fsp3) is 0.296. The van der Waals surface area contributed by atoms with E-state index in [0.29, 0.717) is 26.3 Å². The molecule has 0 saturated heterocycles. The maximum atomic E-state index is 13.5. The van der Waals surface area contributed by atoms with Gasteiger partial charge in [-0.05, 0) is 37.6 Å². The summed E-state index contributed by atoms with van der Waals surface area (Å²) in [5, 5.41) is 3.36. The van der Waals surface area contributed by atoms with Crippen molar-refractivity contribution in [2.75, 3.05) is 33.5 Å². The lowest BCUT2D eigenvalue weighted by Crippen LogP contribution is -2.35. The van der Waals surface area contributed by atoms with Crippen LogP contribution in [0.25, 0.3) is 0 Å². The Morgan fingerprint density at radius 3 is 2.13 bits per heavy atom. The highest BCUT2D eigenvalue weighted by Gasteiger charge is 2.42. The number of hydrogen-bond donors (Lipinski definition) is 1. The first-order valence-electron chi connectivity index (χ1n) is 12.0. The van der Waals surface area contributed by atoms with Gasteiger partial charge in [0.15, 0.2) is 0 Å². The van der Waals surface area contributed by atoms with Gasteiger partial charge in [0.2, 0.25) is 0 Å². The maximum absolute atomic E-state index is 13.5. The van der Waals surface area contributed by atoms with Crippen LogP contribution in [0.3, 0.4) is 0 Å². The minimum atomic E-state index is -4.06. The number of methoxy groups -OCH3 is 1. The van der Waals surface area contributed by atoms with Gasteiger partial charge in [-0.3, -0.25) is 4.79 Å². The Balaban J connectivity index is 1.59. The first kappa shape index (κ1) is 28.3. The zero-order chi connectivity index (χ0) is 28.3. The molecule has 2 aliphatic heterocycles. The first-order chi connectivity index (χ1) is 18.6. The van der Waals surface area contributed by atoms with E-state index in [1.165, 1.54) is 25.3 Å². The number of esters is 2. The van der Waals surface area contributed by atoms with Crippen LogP contribution in [-0.2, 0) is 33.8 Å². The van der Waals surface area contributed by atoms with E-state index in [1.54, 1.807) is 44.2 Å². The van der Waals surface area contributed by atoms with Crippen LogP contribution in [0.4, 0.5) is 0 Å². The molecule has 1 amide bonds. The van der Waals surface area contributed by atoms with Crippen LogP contribution in [0, 0.1) is 0 Å². The lowest BCUT2D eigenvalue weighted by molar-refractivity contribution is -0.141. The molecular formula is C27H27ClN2O8S. The Bertz CT molecular complexity index is 1500. The second-order valence-electron chi connectivity index (χ2n) is 8.80. The zero-order valence-corrected chi connectivity index (χ0v) is 23.1. The highest BCUT2D eigenvalue weighted by molar-refractivity contribution is 7.90. The minimum Gasteiger partial charge on any atom is -0.460 e. The Labute approximate surface area is 231 Å². The second-order valence-corrected chi connectivity index (χ2v) is 11.0. The van der Waals surface area contributed by atoms with E-state index in [1.807, 2.05) is 0 Å². The smallest absolute Gasteiger partial charge is 0.336 e. The summed E-state index contributed by atoms with van der Waals surface area (Å²) in [5.74, 6) is -3.08. The summed E-state index contributed by atoms with van der Waals surface area (Å²) in [6, 6.07) is 12.7. The fourth-order valence-electron chi connectivity index (χ4n) is 4.60. The molecule has 10 nitrogen and oxygen atoms in total. The van der Waals surface area contributed by atoms with Crippen molar-refractivity contribution in [2.24, 2.45) is 0 Å². The number of amides is 1. The van der Waals surface area contributed by atoms with Crippen LogP contribution in [0.5, 0.6) is 0 Å². The highest BCUT2D eigenvalue weighted by atomic mass is 35.5. The van der Waals surface area contributed by atoms with Gasteiger partial charge in [0.05, 0.1) is 35.8 Å². The SMILES string of the molecule is COCCOC(=O)C1=C(C)NC(C)=C(C(=O)OCCN2C(=O)c3ccccc3S2(=O)=O)C1c1ccccc1Cl. The number of dihydropyridines is 1. The number of sulfonamides is 1. The van der Waals surface area contributed by atoms with Crippen LogP contribution in [-0.4, -0.2) is 64.0 Å². The van der Waals surface area contributed by atoms with Crippen LogP contribution >= 0.6 is 11.6 Å². The quantitative estimate of drug-likeness (QED) is 0.355. The summed E-state index contributed by atoms with van der Waals surface area (Å²) >= 11 is 6.50. The van der Waals surface area contributed by atoms with Crippen LogP contribution in [0.1, 0.15) is 35.7 Å². The standard InChI is InChI=1S/C27H27ClN2O8S/c1-16-22(26(32)37-13-12-30-25(31)19-9-5-7-11-21(19)39(30,34)35)24(18-8-4-6-10-20(18)28)23(17(2)29-16)27(33)38-15-14-36-3/h4-11,24,29H,12-15H2,1-3H3. The summed E-state index contributed by atoms with van der Waals surface area (Å²) in [5.41, 5.74) is 1.72. The monoisotopic (exact) mass is 574 g/mol. The zero-order valence-electron chi connectivity index (χ0n) is 21.5. The number of halogens is 1. The molecule has 0 bridgehead atoms. The average Bonchev–Trinajstić information content (AvgIpc) is 3.09. The van der Waals surface area contributed by atoms with Gasteiger partial charge < -0.3 is 19.5 Å². The molecule has 2 aromatic rings. The predicted molar refractivity (Wildman–Crippen MR) is 141 cm³/mol. The highest BCUT2D eigenvalue weighted by Crippen LogP contribution is 2.41. The van der Waals surface area contributed by atoms with Crippen molar-refractivity contribution in [3.63, 3.8) is 0 Å². The van der Waals surface area contributed by atoms with Crippen molar-refractivity contribution >= 4 is 39.5 Å². The van der Waals surface area contributed by atoms with Crippen molar-refractivity contribution in [2.45, 2.75) is 24.7 Å². The summed E-state index contributed by atoms with van der Waals surface area (Å²) in [6.07, 6.45) is 0. The molecule has 2 aliphatic rings. The van der Waals surface area contributed by atoms with Gasteiger partial charge >= 0.3 is 11.9 Å². The Morgan fingerprint density at radius 2 is 1.51 bits per heavy atom. The molecule has 4 rings (SSSR count). The number of ether oxygens (including phenoxy) is 3. The third-order valence-corrected chi connectivity index (χ3v) is 8.56. The molecule has 0 saturated carbocycles. The van der Waals surface area contributed by atoms with E-state index in [2.05, 4.69) is 5.32 Å². The normalized spacial score (nSPS) is 18.1. The van der Waals surface area contributed by atoms with Gasteiger partial charge in [0, 0.05) is 23.5 Å². The topological polar surface area (TPSA) is 128 Å². The van der Waals surface area contributed by atoms with Crippen molar-refractivity contribution in [3.05, 3.63) is 87.2 Å². The number of rotatable bonds is 9. The average molecular weight is 575 g/mol. The van der Waals surface area contributed by atoms with E-state index < -0.39 is 40.4 Å².